The first-order valence-corrected chi connectivity index (χ1v) is 6.32. The average molecular weight is 262 g/mol. The molecule has 0 aliphatic heterocycles. The number of likely N-dealkylation sites (N-methyl/N-ethyl adjacent to an activating group) is 1. The molecule has 0 aliphatic carbocycles. The highest BCUT2D eigenvalue weighted by atomic mass is 16.4. The maximum atomic E-state index is 12.3. The zero-order valence-electron chi connectivity index (χ0n) is 11.5. The van der Waals surface area contributed by atoms with Gasteiger partial charge in [0.25, 0.3) is 5.91 Å². The Morgan fingerprint density at radius 2 is 2.26 bits per heavy atom. The van der Waals surface area contributed by atoms with Crippen LogP contribution in [0.15, 0.2) is 22.9 Å². The van der Waals surface area contributed by atoms with Crippen molar-refractivity contribution >= 4 is 5.91 Å². The first kappa shape index (κ1) is 13.3. The second-order valence-corrected chi connectivity index (χ2v) is 4.30. The molecule has 0 fully saturated rings. The molecule has 0 N–H and O–H groups in total. The number of carbonyl (C=O) groups excluding carboxylic acids is 1. The Labute approximate surface area is 112 Å². The van der Waals surface area contributed by atoms with Gasteiger partial charge in [0.1, 0.15) is 0 Å². The number of hydrogen-bond acceptors (Lipinski definition) is 4. The fraction of sp³-hybridized carbons (Fsp3) is 0.462. The van der Waals surface area contributed by atoms with E-state index in [-0.39, 0.29) is 5.91 Å². The van der Waals surface area contributed by atoms with E-state index in [1.807, 2.05) is 19.2 Å². The van der Waals surface area contributed by atoms with E-state index in [2.05, 4.69) is 10.1 Å². The van der Waals surface area contributed by atoms with Gasteiger partial charge < -0.3 is 9.32 Å². The van der Waals surface area contributed by atoms with Crippen LogP contribution in [0.25, 0.3) is 0 Å². The van der Waals surface area contributed by atoms with E-state index in [0.29, 0.717) is 37.0 Å². The van der Waals surface area contributed by atoms with Crippen molar-refractivity contribution in [3.05, 3.63) is 35.8 Å². The minimum Gasteiger partial charge on any atom is -0.436 e. The number of rotatable bonds is 5. The summed E-state index contributed by atoms with van der Waals surface area (Å²) in [4.78, 5) is 18.2. The van der Waals surface area contributed by atoms with Crippen LogP contribution >= 0.6 is 0 Å². The lowest BCUT2D eigenvalue weighted by Crippen LogP contribution is -2.34. The highest BCUT2D eigenvalue weighted by Gasteiger charge is 2.21. The quantitative estimate of drug-likeness (QED) is 0.822. The van der Waals surface area contributed by atoms with E-state index < -0.39 is 0 Å². The van der Waals surface area contributed by atoms with Gasteiger partial charge >= 0.3 is 0 Å². The van der Waals surface area contributed by atoms with Crippen molar-refractivity contribution in [2.75, 3.05) is 13.1 Å². The molecule has 6 heteroatoms. The van der Waals surface area contributed by atoms with Crippen LogP contribution in [0, 0.1) is 13.8 Å². The predicted molar refractivity (Wildman–Crippen MR) is 69.8 cm³/mol. The summed E-state index contributed by atoms with van der Waals surface area (Å²) in [6, 6.07) is 1.86. The molecule has 0 bridgehead atoms. The summed E-state index contributed by atoms with van der Waals surface area (Å²) >= 11 is 0. The highest BCUT2D eigenvalue weighted by molar-refractivity contribution is 5.92. The fourth-order valence-electron chi connectivity index (χ4n) is 1.93. The molecule has 0 aromatic carbocycles. The second kappa shape index (κ2) is 5.69. The number of amides is 1. The lowest BCUT2D eigenvalue weighted by Gasteiger charge is -2.19. The zero-order valence-corrected chi connectivity index (χ0v) is 11.5. The molecule has 19 heavy (non-hydrogen) atoms. The van der Waals surface area contributed by atoms with Crippen LogP contribution in [0.1, 0.15) is 29.1 Å². The van der Waals surface area contributed by atoms with E-state index >= 15 is 0 Å². The lowest BCUT2D eigenvalue weighted by molar-refractivity contribution is 0.0723. The first-order chi connectivity index (χ1) is 9.11. The van der Waals surface area contributed by atoms with Crippen molar-refractivity contribution in [2.45, 2.75) is 27.3 Å². The van der Waals surface area contributed by atoms with Crippen molar-refractivity contribution in [2.24, 2.45) is 0 Å². The summed E-state index contributed by atoms with van der Waals surface area (Å²) in [6.45, 7) is 7.35. The molecule has 2 heterocycles. The van der Waals surface area contributed by atoms with Crippen LogP contribution < -0.4 is 0 Å². The average Bonchev–Trinajstić information content (AvgIpc) is 2.99. The molecule has 0 atom stereocenters. The molecule has 0 saturated heterocycles. The van der Waals surface area contributed by atoms with Gasteiger partial charge in [0.2, 0.25) is 5.76 Å². The van der Waals surface area contributed by atoms with Crippen molar-refractivity contribution in [1.29, 1.82) is 0 Å². The molecule has 102 valence electrons. The van der Waals surface area contributed by atoms with Crippen LogP contribution in [0.3, 0.4) is 0 Å². The maximum Gasteiger partial charge on any atom is 0.291 e. The van der Waals surface area contributed by atoms with E-state index in [1.54, 1.807) is 29.6 Å². The van der Waals surface area contributed by atoms with Crippen molar-refractivity contribution in [3.63, 3.8) is 0 Å². The van der Waals surface area contributed by atoms with Crippen molar-refractivity contribution in [3.8, 4) is 0 Å². The number of carbonyl (C=O) groups is 1. The molecule has 0 aliphatic rings. The van der Waals surface area contributed by atoms with Gasteiger partial charge in [-0.25, -0.2) is 4.98 Å². The summed E-state index contributed by atoms with van der Waals surface area (Å²) in [6.07, 6.45) is 3.60. The van der Waals surface area contributed by atoms with Gasteiger partial charge in [0.05, 0.1) is 12.2 Å². The van der Waals surface area contributed by atoms with E-state index in [1.165, 1.54) is 0 Å². The summed E-state index contributed by atoms with van der Waals surface area (Å²) < 4.78 is 7.17. The van der Waals surface area contributed by atoms with Crippen LogP contribution in [0.4, 0.5) is 0 Å². The van der Waals surface area contributed by atoms with Crippen LogP contribution in [-0.4, -0.2) is 38.7 Å². The Balaban J connectivity index is 2.04. The van der Waals surface area contributed by atoms with Gasteiger partial charge in [-0.05, 0) is 19.9 Å². The van der Waals surface area contributed by atoms with E-state index in [9.17, 15) is 4.79 Å². The summed E-state index contributed by atoms with van der Waals surface area (Å²) in [5.74, 6) is 0.733. The van der Waals surface area contributed by atoms with Crippen LogP contribution in [0.5, 0.6) is 0 Å². The second-order valence-electron chi connectivity index (χ2n) is 4.30. The van der Waals surface area contributed by atoms with Gasteiger partial charge in [-0.2, -0.15) is 5.10 Å². The third-order valence-corrected chi connectivity index (χ3v) is 2.92. The highest BCUT2D eigenvalue weighted by Crippen LogP contribution is 2.12. The van der Waals surface area contributed by atoms with Gasteiger partial charge in [-0.1, -0.05) is 0 Å². The fourth-order valence-corrected chi connectivity index (χ4v) is 1.93. The lowest BCUT2D eigenvalue weighted by atomic mass is 10.3. The third kappa shape index (κ3) is 3.01. The van der Waals surface area contributed by atoms with Gasteiger partial charge in [-0.3, -0.25) is 9.48 Å². The topological polar surface area (TPSA) is 64.2 Å². The predicted octanol–water partition coefficient (Wildman–Crippen LogP) is 1.65. The largest absolute Gasteiger partial charge is 0.436 e. The van der Waals surface area contributed by atoms with Gasteiger partial charge in [0.15, 0.2) is 5.89 Å². The molecule has 0 saturated carbocycles. The van der Waals surface area contributed by atoms with Gasteiger partial charge in [-0.15, -0.1) is 0 Å². The van der Waals surface area contributed by atoms with Gasteiger partial charge in [0, 0.05) is 32.4 Å². The molecule has 0 radical (unpaired) electrons. The number of hydrogen-bond donors (Lipinski definition) is 0. The molecule has 2 rings (SSSR count). The van der Waals surface area contributed by atoms with Crippen LogP contribution in [0.2, 0.25) is 0 Å². The van der Waals surface area contributed by atoms with Crippen LogP contribution in [-0.2, 0) is 6.54 Å². The molecule has 6 nitrogen and oxygen atoms in total. The number of oxazole rings is 1. The van der Waals surface area contributed by atoms with Crippen molar-refractivity contribution < 1.29 is 9.21 Å². The minimum atomic E-state index is -0.118. The third-order valence-electron chi connectivity index (χ3n) is 2.92. The smallest absolute Gasteiger partial charge is 0.291 e. The van der Waals surface area contributed by atoms with Crippen molar-refractivity contribution in [1.82, 2.24) is 19.7 Å². The number of aromatic nitrogens is 3. The standard InChI is InChI=1S/C13H18N4O2/c1-4-16(8-9-17-7-5-6-14-17)13(18)12-10(2)15-11(3)19-12/h5-7H,4,8-9H2,1-3H3. The molecule has 0 unspecified atom stereocenters. The van der Waals surface area contributed by atoms with E-state index in [4.69, 9.17) is 4.42 Å². The minimum absolute atomic E-state index is 0.118. The van der Waals surface area contributed by atoms with E-state index in [0.717, 1.165) is 0 Å². The number of aryl methyl sites for hydroxylation is 2. The number of nitrogens with zero attached hydrogens (tertiary/aromatic N) is 4. The Kier molecular flexibility index (Phi) is 3.99. The molecule has 1 amide bonds. The Morgan fingerprint density at radius 3 is 2.79 bits per heavy atom. The summed E-state index contributed by atoms with van der Waals surface area (Å²) in [7, 11) is 0. The molecule has 2 aromatic rings. The summed E-state index contributed by atoms with van der Waals surface area (Å²) in [5, 5.41) is 4.12. The zero-order chi connectivity index (χ0) is 13.8. The maximum absolute atomic E-state index is 12.3. The Morgan fingerprint density at radius 1 is 1.47 bits per heavy atom. The normalized spacial score (nSPS) is 10.7. The molecule has 2 aromatic heterocycles. The molecular formula is C13H18N4O2. The Hall–Kier alpha value is -2.11. The summed E-state index contributed by atoms with van der Waals surface area (Å²) in [5.41, 5.74) is 0.639. The first-order valence-electron chi connectivity index (χ1n) is 6.32. The molecular weight excluding hydrogens is 244 g/mol. The molecule has 0 spiro atoms. The monoisotopic (exact) mass is 262 g/mol. The Bertz CT molecular complexity index is 545. The SMILES string of the molecule is CCN(CCn1cccn1)C(=O)c1oc(C)nc1C.